The molecule has 3 N–H and O–H groups in total. The number of methoxy groups -OCH3 is 1. The molecule has 5 rings (SSSR count). The molecule has 13 heteroatoms. The fourth-order valence-electron chi connectivity index (χ4n) is 4.42. The first-order valence-corrected chi connectivity index (χ1v) is 12.3. The van der Waals surface area contributed by atoms with E-state index in [1.165, 1.54) is 25.3 Å². The van der Waals surface area contributed by atoms with Crippen molar-refractivity contribution in [1.82, 2.24) is 25.7 Å². The summed E-state index contributed by atoms with van der Waals surface area (Å²) in [6.07, 6.45) is 1.32. The SMILES string of the molecule is COc1cc(C(=O)NN2CCNCC2)ccc1Nc1ncc2c(n1)N(c1ccccc1)CC(F)(F)C(=O)N2C. The average Bonchev–Trinajstić information content (AvgIpc) is 3.03. The largest absolute Gasteiger partial charge is 0.495 e. The Morgan fingerprint density at radius 2 is 1.87 bits per heavy atom. The van der Waals surface area contributed by atoms with E-state index in [4.69, 9.17) is 4.74 Å². The number of ether oxygens (including phenoxy) is 1. The van der Waals surface area contributed by atoms with E-state index in [2.05, 4.69) is 26.0 Å². The summed E-state index contributed by atoms with van der Waals surface area (Å²) in [4.78, 5) is 36.2. The Kier molecular flexibility index (Phi) is 7.26. The van der Waals surface area contributed by atoms with Gasteiger partial charge in [0.1, 0.15) is 11.4 Å². The van der Waals surface area contributed by atoms with Crippen molar-refractivity contribution >= 4 is 40.6 Å². The van der Waals surface area contributed by atoms with Crippen LogP contribution in [0.1, 0.15) is 10.4 Å². The molecule has 0 spiro atoms. The van der Waals surface area contributed by atoms with Crippen molar-refractivity contribution in [3.63, 3.8) is 0 Å². The van der Waals surface area contributed by atoms with Crippen molar-refractivity contribution in [2.45, 2.75) is 5.92 Å². The van der Waals surface area contributed by atoms with Crippen LogP contribution in [0.5, 0.6) is 5.75 Å². The van der Waals surface area contributed by atoms with Crippen LogP contribution in [0.3, 0.4) is 0 Å². The van der Waals surface area contributed by atoms with Gasteiger partial charge in [0, 0.05) is 44.5 Å². The van der Waals surface area contributed by atoms with Gasteiger partial charge in [0.25, 0.3) is 11.8 Å². The predicted molar refractivity (Wildman–Crippen MR) is 142 cm³/mol. The highest BCUT2D eigenvalue weighted by atomic mass is 19.3. The van der Waals surface area contributed by atoms with Crippen LogP contribution in [0.4, 0.5) is 37.6 Å². The van der Waals surface area contributed by atoms with Gasteiger partial charge in [-0.25, -0.2) is 9.99 Å². The molecule has 204 valence electrons. The fourth-order valence-corrected chi connectivity index (χ4v) is 4.42. The highest BCUT2D eigenvalue weighted by Gasteiger charge is 2.47. The standard InChI is InChI=1S/C26H28F2N8O3/c1-34-20-15-30-25(32-22(20)36(16-26(27,28)24(34)38)18-6-4-3-5-7-18)31-19-9-8-17(14-21(19)39-2)23(37)33-35-12-10-29-11-13-35/h3-9,14-15,29H,10-13,16H2,1-2H3,(H,33,37)(H,30,31,32). The number of piperazine rings is 1. The smallest absolute Gasteiger partial charge is 0.342 e. The lowest BCUT2D eigenvalue weighted by atomic mass is 10.1. The molecule has 0 bridgehead atoms. The van der Waals surface area contributed by atoms with E-state index in [0.717, 1.165) is 18.0 Å². The van der Waals surface area contributed by atoms with Crippen LogP contribution in [0, 0.1) is 0 Å². The number of hydrazine groups is 1. The van der Waals surface area contributed by atoms with Crippen LogP contribution in [0.15, 0.2) is 54.7 Å². The fraction of sp³-hybridized carbons (Fsp3) is 0.308. The molecule has 11 nitrogen and oxygen atoms in total. The third-order valence-electron chi connectivity index (χ3n) is 6.50. The zero-order valence-electron chi connectivity index (χ0n) is 21.4. The Labute approximate surface area is 223 Å². The lowest BCUT2D eigenvalue weighted by Crippen LogP contribution is -2.52. The van der Waals surface area contributed by atoms with Gasteiger partial charge in [0.2, 0.25) is 5.95 Å². The van der Waals surface area contributed by atoms with Crippen molar-refractivity contribution in [2.24, 2.45) is 0 Å². The molecular formula is C26H28F2N8O3. The number of nitrogens with zero attached hydrogens (tertiary/aromatic N) is 5. The van der Waals surface area contributed by atoms with E-state index in [1.54, 1.807) is 48.5 Å². The van der Waals surface area contributed by atoms with E-state index in [1.807, 2.05) is 5.01 Å². The summed E-state index contributed by atoms with van der Waals surface area (Å²) in [5.74, 6) is -4.67. The van der Waals surface area contributed by atoms with Gasteiger partial charge in [0.05, 0.1) is 25.5 Å². The number of halogens is 2. The van der Waals surface area contributed by atoms with Gasteiger partial charge >= 0.3 is 5.92 Å². The summed E-state index contributed by atoms with van der Waals surface area (Å²) in [6, 6.07) is 13.4. The summed E-state index contributed by atoms with van der Waals surface area (Å²) in [5.41, 5.74) is 4.33. The number of hydrogen-bond acceptors (Lipinski definition) is 9. The molecule has 0 unspecified atom stereocenters. The van der Waals surface area contributed by atoms with Gasteiger partial charge in [-0.1, -0.05) is 18.2 Å². The van der Waals surface area contributed by atoms with E-state index < -0.39 is 18.4 Å². The number of nitrogens with one attached hydrogen (secondary N) is 3. The third-order valence-corrected chi connectivity index (χ3v) is 6.50. The zero-order chi connectivity index (χ0) is 27.6. The number of aromatic nitrogens is 2. The molecule has 39 heavy (non-hydrogen) atoms. The number of alkyl halides is 2. The second kappa shape index (κ2) is 10.8. The summed E-state index contributed by atoms with van der Waals surface area (Å²) in [6.45, 7) is 2.09. The van der Waals surface area contributed by atoms with Gasteiger partial charge in [-0.05, 0) is 30.3 Å². The highest BCUT2D eigenvalue weighted by molar-refractivity contribution is 6.02. The number of amides is 2. The van der Waals surface area contributed by atoms with Gasteiger partial charge in [-0.2, -0.15) is 13.8 Å². The van der Waals surface area contributed by atoms with E-state index in [0.29, 0.717) is 35.8 Å². The Morgan fingerprint density at radius 1 is 1.13 bits per heavy atom. The number of rotatable bonds is 6. The van der Waals surface area contributed by atoms with Gasteiger partial charge < -0.3 is 25.2 Å². The second-order valence-electron chi connectivity index (χ2n) is 9.11. The predicted octanol–water partition coefficient (Wildman–Crippen LogP) is 2.53. The van der Waals surface area contributed by atoms with Gasteiger partial charge in [0.15, 0.2) is 5.82 Å². The van der Waals surface area contributed by atoms with Crippen LogP contribution in [-0.2, 0) is 4.79 Å². The minimum atomic E-state index is -3.65. The molecule has 0 aliphatic carbocycles. The Hall–Kier alpha value is -4.36. The minimum Gasteiger partial charge on any atom is -0.495 e. The molecule has 2 aliphatic rings. The molecular weight excluding hydrogens is 510 g/mol. The topological polar surface area (TPSA) is 115 Å². The van der Waals surface area contributed by atoms with Crippen LogP contribution < -0.4 is 30.6 Å². The van der Waals surface area contributed by atoms with Crippen molar-refractivity contribution < 1.29 is 23.1 Å². The Morgan fingerprint density at radius 3 is 2.59 bits per heavy atom. The normalized spacial score (nSPS) is 17.3. The van der Waals surface area contributed by atoms with Crippen molar-refractivity contribution in [3.05, 3.63) is 60.3 Å². The maximum absolute atomic E-state index is 14.9. The Bertz CT molecular complexity index is 1370. The van der Waals surface area contributed by atoms with Crippen molar-refractivity contribution in [2.75, 3.05) is 62.0 Å². The molecule has 1 fully saturated rings. The molecule has 0 atom stereocenters. The van der Waals surface area contributed by atoms with Crippen molar-refractivity contribution in [1.29, 1.82) is 0 Å². The average molecular weight is 539 g/mol. The summed E-state index contributed by atoms with van der Waals surface area (Å²) in [7, 11) is 2.74. The molecule has 2 aromatic carbocycles. The lowest BCUT2D eigenvalue weighted by molar-refractivity contribution is -0.140. The molecule has 0 radical (unpaired) electrons. The molecule has 3 heterocycles. The first kappa shape index (κ1) is 26.3. The van der Waals surface area contributed by atoms with Crippen LogP contribution in [0.2, 0.25) is 0 Å². The first-order valence-electron chi connectivity index (χ1n) is 12.3. The van der Waals surface area contributed by atoms with Gasteiger partial charge in [-0.3, -0.25) is 15.0 Å². The quantitative estimate of drug-likeness (QED) is 0.436. The zero-order valence-corrected chi connectivity index (χ0v) is 21.4. The van der Waals surface area contributed by atoms with Crippen LogP contribution in [0.25, 0.3) is 0 Å². The van der Waals surface area contributed by atoms with E-state index >= 15 is 0 Å². The maximum atomic E-state index is 14.9. The number of anilines is 5. The molecule has 3 aromatic rings. The summed E-state index contributed by atoms with van der Waals surface area (Å²) in [5, 5.41) is 8.12. The number of fused-ring (bicyclic) bond motifs is 1. The summed E-state index contributed by atoms with van der Waals surface area (Å²) >= 11 is 0. The monoisotopic (exact) mass is 538 g/mol. The molecule has 0 saturated carbocycles. The number of hydrogen-bond donors (Lipinski definition) is 3. The number of carbonyl (C=O) groups is 2. The van der Waals surface area contributed by atoms with Crippen LogP contribution >= 0.6 is 0 Å². The lowest BCUT2D eigenvalue weighted by Gasteiger charge is -2.27. The first-order chi connectivity index (χ1) is 18.8. The third kappa shape index (κ3) is 5.45. The number of para-hydroxylation sites is 1. The van der Waals surface area contributed by atoms with E-state index in [-0.39, 0.29) is 23.4 Å². The number of carbonyl (C=O) groups excluding carboxylic acids is 2. The molecule has 1 aromatic heterocycles. The maximum Gasteiger partial charge on any atom is 0.342 e. The number of benzene rings is 2. The van der Waals surface area contributed by atoms with E-state index in [9.17, 15) is 18.4 Å². The minimum absolute atomic E-state index is 0.0945. The molecule has 2 amide bonds. The van der Waals surface area contributed by atoms with Crippen LogP contribution in [-0.4, -0.2) is 79.6 Å². The van der Waals surface area contributed by atoms with Crippen molar-refractivity contribution in [3.8, 4) is 5.75 Å². The summed E-state index contributed by atoms with van der Waals surface area (Å²) < 4.78 is 35.2. The van der Waals surface area contributed by atoms with Gasteiger partial charge in [-0.15, -0.1) is 0 Å². The molecule has 2 aliphatic heterocycles. The Balaban J connectivity index is 1.44. The second-order valence-corrected chi connectivity index (χ2v) is 9.11. The molecule has 1 saturated heterocycles. The highest BCUT2D eigenvalue weighted by Crippen LogP contribution is 2.40.